The van der Waals surface area contributed by atoms with Gasteiger partial charge in [-0.3, -0.25) is 9.69 Å². The van der Waals surface area contributed by atoms with Gasteiger partial charge in [0, 0.05) is 52.7 Å². The van der Waals surface area contributed by atoms with Gasteiger partial charge in [-0.05, 0) is 13.8 Å². The third-order valence-electron chi connectivity index (χ3n) is 4.15. The smallest absolute Gasteiger partial charge is 0.293 e. The molecule has 0 spiro atoms. The highest BCUT2D eigenvalue weighted by Gasteiger charge is 2.24. The fourth-order valence-corrected chi connectivity index (χ4v) is 2.85. The van der Waals surface area contributed by atoms with Crippen LogP contribution in [0.25, 0.3) is 0 Å². The van der Waals surface area contributed by atoms with Crippen molar-refractivity contribution in [2.45, 2.75) is 32.2 Å². The van der Waals surface area contributed by atoms with Gasteiger partial charge in [-0.25, -0.2) is 4.98 Å². The van der Waals surface area contributed by atoms with Gasteiger partial charge >= 0.3 is 0 Å². The van der Waals surface area contributed by atoms with Gasteiger partial charge in [0.2, 0.25) is 0 Å². The highest BCUT2D eigenvalue weighted by atomic mass is 16.5. The first-order valence-corrected chi connectivity index (χ1v) is 8.73. The number of aryl methyl sites for hydroxylation is 1. The van der Waals surface area contributed by atoms with Crippen molar-refractivity contribution in [2.24, 2.45) is 7.05 Å². The molecule has 0 radical (unpaired) electrons. The molecule has 2 unspecified atom stereocenters. The Bertz CT molecular complexity index is 592. The molecule has 0 aliphatic carbocycles. The quantitative estimate of drug-likeness (QED) is 0.687. The van der Waals surface area contributed by atoms with Gasteiger partial charge in [-0.1, -0.05) is 0 Å². The molecule has 2 atom stereocenters. The van der Waals surface area contributed by atoms with E-state index in [0.717, 1.165) is 6.54 Å². The highest BCUT2D eigenvalue weighted by molar-refractivity contribution is 5.34. The molecule has 0 aromatic carbocycles. The SMILES string of the molecule is CC(C)OCC(O)CN1CCOC(CN(C)c2nccn(C)c2=O)C1. The van der Waals surface area contributed by atoms with Crippen LogP contribution in [0.1, 0.15) is 13.8 Å². The van der Waals surface area contributed by atoms with Crippen LogP contribution in [0.5, 0.6) is 0 Å². The standard InChI is InChI=1S/C17H30N4O4/c1-13(2)25-12-14(22)9-21-7-8-24-15(11-21)10-20(4)16-17(23)19(3)6-5-18-16/h5-6,13-15,22H,7-12H2,1-4H3. The first-order chi connectivity index (χ1) is 11.9. The molecular weight excluding hydrogens is 324 g/mol. The van der Waals surface area contributed by atoms with Gasteiger partial charge in [-0.15, -0.1) is 0 Å². The monoisotopic (exact) mass is 354 g/mol. The number of likely N-dealkylation sites (N-methyl/N-ethyl adjacent to an activating group) is 1. The average Bonchev–Trinajstić information content (AvgIpc) is 2.55. The number of aliphatic hydroxyl groups is 1. The van der Waals surface area contributed by atoms with Crippen molar-refractivity contribution in [3.63, 3.8) is 0 Å². The third-order valence-corrected chi connectivity index (χ3v) is 4.15. The first-order valence-electron chi connectivity index (χ1n) is 8.73. The Hall–Kier alpha value is -1.48. The summed E-state index contributed by atoms with van der Waals surface area (Å²) in [5.41, 5.74) is -0.126. The lowest BCUT2D eigenvalue weighted by Gasteiger charge is -2.35. The fraction of sp³-hybridized carbons (Fsp3) is 0.765. The minimum Gasteiger partial charge on any atom is -0.389 e. The van der Waals surface area contributed by atoms with Crippen molar-refractivity contribution in [3.8, 4) is 0 Å². The average molecular weight is 354 g/mol. The maximum absolute atomic E-state index is 12.1. The molecule has 2 heterocycles. The Kier molecular flexibility index (Phi) is 7.37. The Morgan fingerprint density at radius 2 is 2.28 bits per heavy atom. The number of aliphatic hydroxyl groups excluding tert-OH is 1. The maximum Gasteiger partial charge on any atom is 0.293 e. The number of rotatable bonds is 8. The van der Waals surface area contributed by atoms with Crippen molar-refractivity contribution in [2.75, 3.05) is 51.3 Å². The van der Waals surface area contributed by atoms with Crippen LogP contribution >= 0.6 is 0 Å². The number of hydrogen-bond acceptors (Lipinski definition) is 7. The van der Waals surface area contributed by atoms with Crippen LogP contribution in [0.2, 0.25) is 0 Å². The molecule has 1 saturated heterocycles. The lowest BCUT2D eigenvalue weighted by atomic mass is 10.2. The molecule has 1 aromatic heterocycles. The van der Waals surface area contributed by atoms with Crippen molar-refractivity contribution in [1.29, 1.82) is 0 Å². The normalized spacial score (nSPS) is 20.0. The van der Waals surface area contributed by atoms with Crippen LogP contribution in [0.15, 0.2) is 17.2 Å². The minimum absolute atomic E-state index is 0.0383. The molecule has 142 valence electrons. The van der Waals surface area contributed by atoms with Gasteiger partial charge in [0.1, 0.15) is 0 Å². The summed E-state index contributed by atoms with van der Waals surface area (Å²) < 4.78 is 12.8. The Morgan fingerprint density at radius 3 is 3.00 bits per heavy atom. The van der Waals surface area contributed by atoms with Gasteiger partial charge < -0.3 is 24.0 Å². The van der Waals surface area contributed by atoms with Crippen LogP contribution in [-0.4, -0.2) is 84.3 Å². The van der Waals surface area contributed by atoms with E-state index in [2.05, 4.69) is 9.88 Å². The fourth-order valence-electron chi connectivity index (χ4n) is 2.85. The number of morpholine rings is 1. The van der Waals surface area contributed by atoms with E-state index >= 15 is 0 Å². The predicted octanol–water partition coefficient (Wildman–Crippen LogP) is -0.297. The highest BCUT2D eigenvalue weighted by Crippen LogP contribution is 2.10. The second-order valence-electron chi connectivity index (χ2n) is 6.84. The maximum atomic E-state index is 12.1. The summed E-state index contributed by atoms with van der Waals surface area (Å²) >= 11 is 0. The zero-order valence-corrected chi connectivity index (χ0v) is 15.6. The summed E-state index contributed by atoms with van der Waals surface area (Å²) in [6, 6.07) is 0. The number of anilines is 1. The van der Waals surface area contributed by atoms with Crippen LogP contribution in [0.4, 0.5) is 5.82 Å². The van der Waals surface area contributed by atoms with E-state index in [1.807, 2.05) is 25.8 Å². The molecule has 2 rings (SSSR count). The van der Waals surface area contributed by atoms with Gasteiger partial charge in [0.25, 0.3) is 5.56 Å². The molecular formula is C17H30N4O4. The summed E-state index contributed by atoms with van der Waals surface area (Å²) in [6.07, 6.45) is 2.82. The van der Waals surface area contributed by atoms with Crippen molar-refractivity contribution >= 4 is 5.82 Å². The Balaban J connectivity index is 1.86. The molecule has 1 N–H and O–H groups in total. The summed E-state index contributed by atoms with van der Waals surface area (Å²) in [5.74, 6) is 0.413. The van der Waals surface area contributed by atoms with E-state index < -0.39 is 6.10 Å². The van der Waals surface area contributed by atoms with Gasteiger partial charge in [-0.2, -0.15) is 0 Å². The molecule has 1 aromatic rings. The second-order valence-corrected chi connectivity index (χ2v) is 6.84. The van der Waals surface area contributed by atoms with E-state index in [4.69, 9.17) is 9.47 Å². The summed E-state index contributed by atoms with van der Waals surface area (Å²) in [4.78, 5) is 20.3. The summed E-state index contributed by atoms with van der Waals surface area (Å²) in [6.45, 7) is 7.47. The number of ether oxygens (including phenoxy) is 2. The summed E-state index contributed by atoms with van der Waals surface area (Å²) in [7, 11) is 3.55. The third kappa shape index (κ3) is 6.07. The molecule has 8 nitrogen and oxygen atoms in total. The van der Waals surface area contributed by atoms with E-state index in [-0.39, 0.29) is 17.8 Å². The number of aromatic nitrogens is 2. The molecule has 1 aliphatic heterocycles. The first kappa shape index (κ1) is 19.8. The molecule has 8 heteroatoms. The molecule has 25 heavy (non-hydrogen) atoms. The number of β-amino-alcohol motifs (C(OH)–C–C–N with tert-alkyl or cyclic N) is 1. The molecule has 0 saturated carbocycles. The number of nitrogens with zero attached hydrogens (tertiary/aromatic N) is 4. The molecule has 1 fully saturated rings. The lowest BCUT2D eigenvalue weighted by Crippen LogP contribution is -2.50. The molecule has 0 bridgehead atoms. The zero-order chi connectivity index (χ0) is 18.4. The number of hydrogen-bond donors (Lipinski definition) is 1. The van der Waals surface area contributed by atoms with Crippen molar-refractivity contribution < 1.29 is 14.6 Å². The van der Waals surface area contributed by atoms with E-state index in [0.29, 0.717) is 38.7 Å². The van der Waals surface area contributed by atoms with Crippen LogP contribution in [-0.2, 0) is 16.5 Å². The predicted molar refractivity (Wildman–Crippen MR) is 96.0 cm³/mol. The zero-order valence-electron chi connectivity index (χ0n) is 15.6. The Morgan fingerprint density at radius 1 is 1.52 bits per heavy atom. The van der Waals surface area contributed by atoms with Gasteiger partial charge in [0.15, 0.2) is 5.82 Å². The summed E-state index contributed by atoms with van der Waals surface area (Å²) in [5, 5.41) is 10.1. The van der Waals surface area contributed by atoms with Gasteiger partial charge in [0.05, 0.1) is 31.5 Å². The topological polar surface area (TPSA) is 80.1 Å². The van der Waals surface area contributed by atoms with Crippen LogP contribution in [0, 0.1) is 0 Å². The lowest BCUT2D eigenvalue weighted by molar-refractivity contribution is -0.0532. The van der Waals surface area contributed by atoms with Crippen molar-refractivity contribution in [1.82, 2.24) is 14.5 Å². The largest absolute Gasteiger partial charge is 0.389 e. The molecule has 0 amide bonds. The van der Waals surface area contributed by atoms with Crippen LogP contribution < -0.4 is 10.5 Å². The molecule has 1 aliphatic rings. The van der Waals surface area contributed by atoms with E-state index in [1.54, 1.807) is 19.4 Å². The van der Waals surface area contributed by atoms with Crippen LogP contribution in [0.3, 0.4) is 0 Å². The van der Waals surface area contributed by atoms with E-state index in [1.165, 1.54) is 4.57 Å². The van der Waals surface area contributed by atoms with Crippen molar-refractivity contribution in [3.05, 3.63) is 22.7 Å². The van der Waals surface area contributed by atoms with E-state index in [9.17, 15) is 9.90 Å². The second kappa shape index (κ2) is 9.28. The minimum atomic E-state index is -0.512. The Labute approximate surface area is 149 Å².